The van der Waals surface area contributed by atoms with Gasteiger partial charge in [0, 0.05) is 28.6 Å². The molecule has 0 saturated carbocycles. The van der Waals surface area contributed by atoms with Gasteiger partial charge in [-0.1, -0.05) is 23.7 Å². The van der Waals surface area contributed by atoms with Gasteiger partial charge < -0.3 is 5.32 Å². The largest absolute Gasteiger partial charge is 0.350 e. The minimum Gasteiger partial charge on any atom is -0.350 e. The van der Waals surface area contributed by atoms with E-state index in [-0.39, 0.29) is 5.69 Å². The second-order valence-corrected chi connectivity index (χ2v) is 9.52. The first-order chi connectivity index (χ1) is 14.9. The van der Waals surface area contributed by atoms with Crippen molar-refractivity contribution >= 4 is 40.2 Å². The lowest BCUT2D eigenvalue weighted by atomic mass is 10.2. The lowest BCUT2D eigenvalue weighted by Crippen LogP contribution is -2.33. The van der Waals surface area contributed by atoms with Crippen molar-refractivity contribution in [3.8, 4) is 16.3 Å². The fraction of sp³-hybridized carbons (Fsp3) is 0.182. The number of halogens is 1. The first-order valence-electron chi connectivity index (χ1n) is 9.57. The van der Waals surface area contributed by atoms with E-state index in [1.165, 1.54) is 10.7 Å². The average molecular weight is 471 g/mol. The number of para-hydroxylation sites is 1. The van der Waals surface area contributed by atoms with Crippen LogP contribution in [0.5, 0.6) is 0 Å². The maximum absolute atomic E-state index is 12.6. The Hall–Kier alpha value is -2.81. The lowest BCUT2D eigenvalue weighted by molar-refractivity contribution is 0.0946. The Morgan fingerprint density at radius 2 is 2.00 bits per heavy atom. The quantitative estimate of drug-likeness (QED) is 0.444. The standard InChI is InChI=1S/C22H19ClN4O2S2/c1-13-11-19(28)21(26-27(13)18-6-4-3-5-16(18)23)22(29)24-10-9-15-7-8-20(31-15)17-12-30-14(2)25-17/h3-8,11-12H,9-10H2,1-2H3,(H,24,29). The SMILES string of the molecule is Cc1nc(-c2ccc(CCNC(=O)c3nn(-c4ccccc4Cl)c(C)cc3=O)s2)cs1. The van der Waals surface area contributed by atoms with Crippen LogP contribution in [0.25, 0.3) is 16.3 Å². The zero-order chi connectivity index (χ0) is 22.0. The number of amides is 1. The number of hydrogen-bond donors (Lipinski definition) is 1. The van der Waals surface area contributed by atoms with Crippen LogP contribution in [0.1, 0.15) is 26.1 Å². The molecule has 0 unspecified atom stereocenters. The first kappa shape index (κ1) is 21.4. The van der Waals surface area contributed by atoms with Gasteiger partial charge in [0.1, 0.15) is 0 Å². The van der Waals surface area contributed by atoms with Crippen molar-refractivity contribution in [2.24, 2.45) is 0 Å². The van der Waals surface area contributed by atoms with E-state index in [0.717, 1.165) is 20.5 Å². The van der Waals surface area contributed by atoms with Gasteiger partial charge >= 0.3 is 0 Å². The summed E-state index contributed by atoms with van der Waals surface area (Å²) in [6, 6.07) is 12.6. The third-order valence-corrected chi connectivity index (χ3v) is 6.85. The second-order valence-electron chi connectivity index (χ2n) is 6.89. The molecule has 31 heavy (non-hydrogen) atoms. The van der Waals surface area contributed by atoms with E-state index in [1.807, 2.05) is 36.6 Å². The maximum atomic E-state index is 12.6. The number of carbonyl (C=O) groups is 1. The molecular weight excluding hydrogens is 452 g/mol. The van der Waals surface area contributed by atoms with Crippen molar-refractivity contribution in [3.05, 3.63) is 84.4 Å². The molecule has 4 rings (SSSR count). The summed E-state index contributed by atoms with van der Waals surface area (Å²) >= 11 is 9.53. The maximum Gasteiger partial charge on any atom is 0.275 e. The van der Waals surface area contributed by atoms with E-state index in [4.69, 9.17) is 11.6 Å². The van der Waals surface area contributed by atoms with Crippen LogP contribution < -0.4 is 10.7 Å². The zero-order valence-electron chi connectivity index (χ0n) is 16.9. The summed E-state index contributed by atoms with van der Waals surface area (Å²) in [5.74, 6) is -0.502. The Labute approximate surface area is 192 Å². The smallest absolute Gasteiger partial charge is 0.275 e. The minimum absolute atomic E-state index is 0.157. The molecule has 158 valence electrons. The highest BCUT2D eigenvalue weighted by atomic mass is 35.5. The molecule has 0 aliphatic rings. The van der Waals surface area contributed by atoms with Gasteiger partial charge in [-0.15, -0.1) is 22.7 Å². The number of nitrogens with one attached hydrogen (secondary N) is 1. The summed E-state index contributed by atoms with van der Waals surface area (Å²) in [6.45, 7) is 4.13. The number of aromatic nitrogens is 3. The van der Waals surface area contributed by atoms with Gasteiger partial charge in [-0.25, -0.2) is 9.67 Å². The Morgan fingerprint density at radius 1 is 1.19 bits per heavy atom. The number of hydrogen-bond acceptors (Lipinski definition) is 6. The molecule has 9 heteroatoms. The monoisotopic (exact) mass is 470 g/mol. The fourth-order valence-corrected chi connectivity index (χ4v) is 4.95. The van der Waals surface area contributed by atoms with Crippen LogP contribution in [0, 0.1) is 13.8 Å². The molecule has 0 atom stereocenters. The number of thiazole rings is 1. The number of aryl methyl sites for hydroxylation is 2. The Morgan fingerprint density at radius 3 is 2.74 bits per heavy atom. The first-order valence-corrected chi connectivity index (χ1v) is 11.6. The van der Waals surface area contributed by atoms with Gasteiger partial charge in [0.25, 0.3) is 5.91 Å². The lowest BCUT2D eigenvalue weighted by Gasteiger charge is -2.12. The molecule has 1 amide bonds. The average Bonchev–Trinajstić information content (AvgIpc) is 3.38. The predicted molar refractivity (Wildman–Crippen MR) is 126 cm³/mol. The highest BCUT2D eigenvalue weighted by Crippen LogP contribution is 2.29. The fourth-order valence-electron chi connectivity index (χ4n) is 3.08. The third-order valence-electron chi connectivity index (χ3n) is 4.59. The third kappa shape index (κ3) is 4.76. The summed E-state index contributed by atoms with van der Waals surface area (Å²) in [4.78, 5) is 31.8. The molecule has 0 saturated heterocycles. The molecule has 6 nitrogen and oxygen atoms in total. The van der Waals surface area contributed by atoms with Crippen LogP contribution in [0.4, 0.5) is 0 Å². The number of nitrogens with zero attached hydrogens (tertiary/aromatic N) is 3. The molecule has 0 aliphatic carbocycles. The van der Waals surface area contributed by atoms with E-state index < -0.39 is 11.3 Å². The van der Waals surface area contributed by atoms with E-state index in [2.05, 4.69) is 15.4 Å². The summed E-state index contributed by atoms with van der Waals surface area (Å²) in [7, 11) is 0. The van der Waals surface area contributed by atoms with E-state index in [9.17, 15) is 9.59 Å². The van der Waals surface area contributed by atoms with Crippen LogP contribution in [-0.2, 0) is 6.42 Å². The molecular formula is C22H19ClN4O2S2. The second kappa shape index (κ2) is 9.13. The number of benzene rings is 1. The normalized spacial score (nSPS) is 10.9. The minimum atomic E-state index is -0.502. The number of carbonyl (C=O) groups excluding carboxylic acids is 1. The Kier molecular flexibility index (Phi) is 6.31. The molecule has 1 N–H and O–H groups in total. The van der Waals surface area contributed by atoms with Gasteiger partial charge in [-0.05, 0) is 44.5 Å². The molecule has 0 aliphatic heterocycles. The Bertz CT molecular complexity index is 1310. The molecule has 0 spiro atoms. The molecule has 1 aromatic carbocycles. The molecule has 3 heterocycles. The van der Waals surface area contributed by atoms with Gasteiger partial charge in [0.15, 0.2) is 5.69 Å². The summed E-state index contributed by atoms with van der Waals surface area (Å²) in [5, 5.41) is 10.6. The van der Waals surface area contributed by atoms with Crippen molar-refractivity contribution in [3.63, 3.8) is 0 Å². The van der Waals surface area contributed by atoms with Crippen LogP contribution in [0.2, 0.25) is 5.02 Å². The highest BCUT2D eigenvalue weighted by Gasteiger charge is 2.16. The van der Waals surface area contributed by atoms with Gasteiger partial charge in [0.2, 0.25) is 5.43 Å². The van der Waals surface area contributed by atoms with Gasteiger partial charge in [-0.3, -0.25) is 9.59 Å². The molecule has 4 aromatic rings. The molecule has 0 radical (unpaired) electrons. The molecule has 3 aromatic heterocycles. The Balaban J connectivity index is 1.46. The highest BCUT2D eigenvalue weighted by molar-refractivity contribution is 7.16. The number of thiophene rings is 1. The van der Waals surface area contributed by atoms with Crippen LogP contribution in [0.15, 0.2) is 52.6 Å². The van der Waals surface area contributed by atoms with Crippen LogP contribution in [-0.4, -0.2) is 27.2 Å². The predicted octanol–water partition coefficient (Wildman–Crippen LogP) is 4.66. The summed E-state index contributed by atoms with van der Waals surface area (Å²) in [6.07, 6.45) is 0.657. The summed E-state index contributed by atoms with van der Waals surface area (Å²) in [5.41, 5.74) is 1.61. The van der Waals surface area contributed by atoms with Crippen molar-refractivity contribution in [2.45, 2.75) is 20.3 Å². The van der Waals surface area contributed by atoms with E-state index >= 15 is 0 Å². The molecule has 0 fully saturated rings. The van der Waals surface area contributed by atoms with Gasteiger partial charge in [-0.2, -0.15) is 5.10 Å². The van der Waals surface area contributed by atoms with Crippen molar-refractivity contribution < 1.29 is 4.79 Å². The topological polar surface area (TPSA) is 76.9 Å². The van der Waals surface area contributed by atoms with Crippen molar-refractivity contribution in [1.82, 2.24) is 20.1 Å². The van der Waals surface area contributed by atoms with E-state index in [0.29, 0.717) is 29.4 Å². The van der Waals surface area contributed by atoms with Crippen LogP contribution >= 0.6 is 34.3 Å². The van der Waals surface area contributed by atoms with Crippen molar-refractivity contribution in [2.75, 3.05) is 6.54 Å². The number of rotatable bonds is 6. The zero-order valence-corrected chi connectivity index (χ0v) is 19.3. The van der Waals surface area contributed by atoms with E-state index in [1.54, 1.807) is 41.7 Å². The van der Waals surface area contributed by atoms with Crippen LogP contribution in [0.3, 0.4) is 0 Å². The summed E-state index contributed by atoms with van der Waals surface area (Å²) < 4.78 is 1.51. The van der Waals surface area contributed by atoms with Gasteiger partial charge in [0.05, 0.1) is 26.3 Å². The molecule has 0 bridgehead atoms. The van der Waals surface area contributed by atoms with Crippen molar-refractivity contribution in [1.29, 1.82) is 0 Å².